The van der Waals surface area contributed by atoms with Gasteiger partial charge in [0.25, 0.3) is 0 Å². The van der Waals surface area contributed by atoms with Crippen LogP contribution in [0.1, 0.15) is 5.82 Å². The molecule has 0 unspecified atom stereocenters. The summed E-state index contributed by atoms with van der Waals surface area (Å²) in [6, 6.07) is 15.4. The third-order valence-corrected chi connectivity index (χ3v) is 4.42. The number of para-hydroxylation sites is 2. The average Bonchev–Trinajstić information content (AvgIpc) is 3.09. The molecule has 0 radical (unpaired) electrons. The predicted molar refractivity (Wildman–Crippen MR) is 126 cm³/mol. The van der Waals surface area contributed by atoms with Gasteiger partial charge in [-0.2, -0.15) is 0 Å². The van der Waals surface area contributed by atoms with E-state index in [2.05, 4.69) is 20.3 Å². The highest BCUT2D eigenvalue weighted by Gasteiger charge is 2.07. The molecule has 0 amide bonds. The molecule has 0 saturated carbocycles. The van der Waals surface area contributed by atoms with Crippen LogP contribution in [0.5, 0.6) is 5.75 Å². The van der Waals surface area contributed by atoms with Gasteiger partial charge in [0.2, 0.25) is 0 Å². The van der Waals surface area contributed by atoms with E-state index in [0.717, 1.165) is 41.5 Å². The molecule has 0 aliphatic rings. The van der Waals surface area contributed by atoms with E-state index in [9.17, 15) is 0 Å². The second-order valence-electron chi connectivity index (χ2n) is 6.15. The van der Waals surface area contributed by atoms with Gasteiger partial charge in [-0.3, -0.25) is 4.99 Å². The van der Waals surface area contributed by atoms with E-state index < -0.39 is 0 Å². The number of rotatable bonds is 7. The molecule has 0 atom stereocenters. The van der Waals surface area contributed by atoms with Gasteiger partial charge in [0, 0.05) is 32.1 Å². The largest absolute Gasteiger partial charge is 0.492 e. The molecule has 1 heterocycles. The summed E-state index contributed by atoms with van der Waals surface area (Å²) in [6.45, 7) is 2.02. The zero-order valence-corrected chi connectivity index (χ0v) is 19.1. The molecular formula is C20H25ClIN5O. The minimum atomic E-state index is 0. The smallest absolute Gasteiger partial charge is 0.193 e. The first-order valence-electron chi connectivity index (χ1n) is 8.89. The lowest BCUT2D eigenvalue weighted by molar-refractivity contribution is 0.281. The van der Waals surface area contributed by atoms with Crippen molar-refractivity contribution in [2.45, 2.75) is 6.42 Å². The molecule has 0 aliphatic heterocycles. The maximum Gasteiger partial charge on any atom is 0.193 e. The number of H-pyrrole nitrogens is 1. The van der Waals surface area contributed by atoms with Crippen molar-refractivity contribution < 1.29 is 4.74 Å². The number of nitrogens with zero attached hydrogens (tertiary/aromatic N) is 3. The van der Waals surface area contributed by atoms with Crippen molar-refractivity contribution in [1.29, 1.82) is 0 Å². The quantitative estimate of drug-likeness (QED) is 0.285. The fraction of sp³-hybridized carbons (Fsp3) is 0.300. The van der Waals surface area contributed by atoms with E-state index in [-0.39, 0.29) is 24.0 Å². The van der Waals surface area contributed by atoms with E-state index in [0.29, 0.717) is 18.2 Å². The Balaban J connectivity index is 0.00000280. The summed E-state index contributed by atoms with van der Waals surface area (Å²) < 4.78 is 5.74. The molecule has 2 N–H and O–H groups in total. The molecule has 0 spiro atoms. The normalized spacial score (nSPS) is 11.2. The average molecular weight is 514 g/mol. The van der Waals surface area contributed by atoms with Gasteiger partial charge in [-0.1, -0.05) is 23.7 Å². The number of aromatic amines is 1. The van der Waals surface area contributed by atoms with E-state index >= 15 is 0 Å². The Kier molecular flexibility index (Phi) is 8.85. The SMILES string of the molecule is CN=C(NCCc1nc2ccccc2[nH]1)N(C)CCOc1ccc(Cl)cc1.I. The minimum Gasteiger partial charge on any atom is -0.492 e. The Bertz CT molecular complexity index is 864. The fourth-order valence-electron chi connectivity index (χ4n) is 2.74. The topological polar surface area (TPSA) is 65.5 Å². The minimum absolute atomic E-state index is 0. The lowest BCUT2D eigenvalue weighted by atomic mass is 10.3. The molecule has 3 aromatic rings. The molecule has 0 bridgehead atoms. The van der Waals surface area contributed by atoms with Crippen LogP contribution < -0.4 is 10.1 Å². The van der Waals surface area contributed by atoms with Crippen LogP contribution in [0.25, 0.3) is 11.0 Å². The monoisotopic (exact) mass is 513 g/mol. The Hall–Kier alpha value is -2.00. The van der Waals surface area contributed by atoms with Crippen LogP contribution in [0, 0.1) is 0 Å². The summed E-state index contributed by atoms with van der Waals surface area (Å²) in [5.41, 5.74) is 2.06. The second kappa shape index (κ2) is 11.1. The van der Waals surface area contributed by atoms with Gasteiger partial charge in [-0.15, -0.1) is 24.0 Å². The number of ether oxygens (including phenoxy) is 1. The van der Waals surface area contributed by atoms with Crippen LogP contribution in [-0.2, 0) is 6.42 Å². The molecule has 28 heavy (non-hydrogen) atoms. The number of benzene rings is 2. The van der Waals surface area contributed by atoms with Gasteiger partial charge in [-0.05, 0) is 36.4 Å². The van der Waals surface area contributed by atoms with E-state index in [1.54, 1.807) is 7.05 Å². The third kappa shape index (κ3) is 6.27. The highest BCUT2D eigenvalue weighted by Crippen LogP contribution is 2.15. The first-order valence-corrected chi connectivity index (χ1v) is 9.27. The van der Waals surface area contributed by atoms with Crippen molar-refractivity contribution in [2.24, 2.45) is 4.99 Å². The number of fused-ring (bicyclic) bond motifs is 1. The first-order chi connectivity index (χ1) is 13.2. The molecule has 0 saturated heterocycles. The van der Waals surface area contributed by atoms with Crippen LogP contribution in [-0.4, -0.2) is 54.6 Å². The van der Waals surface area contributed by atoms with Crippen molar-refractivity contribution in [2.75, 3.05) is 33.8 Å². The summed E-state index contributed by atoms with van der Waals surface area (Å²) in [4.78, 5) is 14.3. The summed E-state index contributed by atoms with van der Waals surface area (Å²) in [6.07, 6.45) is 0.794. The number of likely N-dealkylation sites (N-methyl/N-ethyl adjacent to an activating group) is 1. The molecule has 8 heteroatoms. The molecule has 2 aromatic carbocycles. The first kappa shape index (κ1) is 22.3. The molecule has 6 nitrogen and oxygen atoms in total. The Labute approximate surface area is 187 Å². The van der Waals surface area contributed by atoms with Gasteiger partial charge in [0.05, 0.1) is 17.6 Å². The van der Waals surface area contributed by atoms with Crippen molar-refractivity contribution in [3.8, 4) is 5.75 Å². The van der Waals surface area contributed by atoms with Crippen LogP contribution in [0.15, 0.2) is 53.5 Å². The van der Waals surface area contributed by atoms with E-state index in [1.807, 2.05) is 60.5 Å². The van der Waals surface area contributed by atoms with Crippen LogP contribution in [0.2, 0.25) is 5.02 Å². The lowest BCUT2D eigenvalue weighted by Crippen LogP contribution is -2.41. The van der Waals surface area contributed by atoms with Crippen molar-refractivity contribution >= 4 is 52.6 Å². The highest BCUT2D eigenvalue weighted by atomic mass is 127. The highest BCUT2D eigenvalue weighted by molar-refractivity contribution is 14.0. The maximum absolute atomic E-state index is 5.88. The summed E-state index contributed by atoms with van der Waals surface area (Å²) in [5.74, 6) is 2.60. The van der Waals surface area contributed by atoms with Crippen LogP contribution in [0.3, 0.4) is 0 Å². The number of hydrogen-bond acceptors (Lipinski definition) is 3. The van der Waals surface area contributed by atoms with Crippen molar-refractivity contribution in [3.63, 3.8) is 0 Å². The molecule has 150 valence electrons. The number of nitrogens with one attached hydrogen (secondary N) is 2. The second-order valence-corrected chi connectivity index (χ2v) is 6.59. The van der Waals surface area contributed by atoms with E-state index in [1.165, 1.54) is 0 Å². The van der Waals surface area contributed by atoms with Gasteiger partial charge in [0.15, 0.2) is 5.96 Å². The van der Waals surface area contributed by atoms with Gasteiger partial charge in [-0.25, -0.2) is 4.98 Å². The Morgan fingerprint density at radius 3 is 2.68 bits per heavy atom. The molecule has 3 rings (SSSR count). The van der Waals surface area contributed by atoms with Gasteiger partial charge < -0.3 is 19.9 Å². The van der Waals surface area contributed by atoms with E-state index in [4.69, 9.17) is 16.3 Å². The summed E-state index contributed by atoms with van der Waals surface area (Å²) in [5, 5.41) is 4.06. The van der Waals surface area contributed by atoms with Gasteiger partial charge >= 0.3 is 0 Å². The number of imidazole rings is 1. The van der Waals surface area contributed by atoms with Crippen molar-refractivity contribution in [3.05, 3.63) is 59.4 Å². The molecular weight excluding hydrogens is 489 g/mol. The van der Waals surface area contributed by atoms with Crippen LogP contribution >= 0.6 is 35.6 Å². The predicted octanol–water partition coefficient (Wildman–Crippen LogP) is 3.96. The molecule has 1 aromatic heterocycles. The summed E-state index contributed by atoms with van der Waals surface area (Å²) >= 11 is 5.88. The number of guanidine groups is 1. The molecule has 0 fully saturated rings. The standard InChI is InChI=1S/C20H24ClN5O.HI/c1-22-20(26(2)13-14-27-16-9-7-15(21)8-10-16)23-12-11-19-24-17-5-3-4-6-18(17)25-19;/h3-10H,11-14H2,1-2H3,(H,22,23)(H,24,25);1H. The fourth-order valence-corrected chi connectivity index (χ4v) is 2.86. The summed E-state index contributed by atoms with van der Waals surface area (Å²) in [7, 11) is 3.77. The zero-order chi connectivity index (χ0) is 19.1. The van der Waals surface area contributed by atoms with Crippen LogP contribution in [0.4, 0.5) is 0 Å². The van der Waals surface area contributed by atoms with Gasteiger partial charge in [0.1, 0.15) is 18.2 Å². The number of aromatic nitrogens is 2. The Morgan fingerprint density at radius 2 is 1.96 bits per heavy atom. The maximum atomic E-state index is 5.88. The number of halogens is 2. The van der Waals surface area contributed by atoms with Crippen molar-refractivity contribution in [1.82, 2.24) is 20.2 Å². The zero-order valence-electron chi connectivity index (χ0n) is 16.0. The third-order valence-electron chi connectivity index (χ3n) is 4.17. The molecule has 0 aliphatic carbocycles. The number of hydrogen-bond donors (Lipinski definition) is 2. The lowest BCUT2D eigenvalue weighted by Gasteiger charge is -2.22. The Morgan fingerprint density at radius 1 is 1.21 bits per heavy atom. The number of aliphatic imine (C=N–C) groups is 1.